The maximum Gasteiger partial charge on any atom is 0.244 e. The van der Waals surface area contributed by atoms with Crippen LogP contribution in [0.4, 0.5) is 0 Å². The maximum absolute atomic E-state index is 12.2. The molecule has 4 heteroatoms. The van der Waals surface area contributed by atoms with Crippen LogP contribution in [0.5, 0.6) is 0 Å². The highest BCUT2D eigenvalue weighted by Crippen LogP contribution is 2.42. The Morgan fingerprint density at radius 3 is 2.80 bits per heavy atom. The molecule has 1 saturated heterocycles. The van der Waals surface area contributed by atoms with Crippen molar-refractivity contribution in [3.63, 3.8) is 0 Å². The van der Waals surface area contributed by atoms with E-state index in [1.54, 1.807) is 0 Å². The Morgan fingerprint density at radius 2 is 2.33 bits per heavy atom. The molecule has 1 aliphatic carbocycles. The molecule has 2 atom stereocenters. The fourth-order valence-electron chi connectivity index (χ4n) is 2.24. The van der Waals surface area contributed by atoms with Crippen LogP contribution in [0.3, 0.4) is 0 Å². The molecule has 1 aliphatic heterocycles. The molecule has 1 amide bonds. The fraction of sp³-hybridized carbons (Fsp3) is 0.909. The quantitative estimate of drug-likeness (QED) is 0.790. The molecule has 2 unspecified atom stereocenters. The molecule has 1 saturated carbocycles. The first kappa shape index (κ1) is 11.3. The molecule has 2 aliphatic rings. The lowest BCUT2D eigenvalue weighted by atomic mass is 10.2. The summed E-state index contributed by atoms with van der Waals surface area (Å²) in [5, 5.41) is 4.01. The molecule has 3 nitrogen and oxygen atoms in total. The van der Waals surface area contributed by atoms with E-state index in [9.17, 15) is 4.79 Å². The number of amides is 1. The molecule has 0 radical (unpaired) electrons. The number of rotatable bonds is 4. The minimum atomic E-state index is -0.140. The fourth-order valence-corrected chi connectivity index (χ4v) is 2.55. The zero-order valence-electron chi connectivity index (χ0n) is 9.75. The summed E-state index contributed by atoms with van der Waals surface area (Å²) in [6.45, 7) is 5.21. The average molecular weight is 228 g/mol. The second kappa shape index (κ2) is 3.98. The molecule has 2 rings (SSSR count). The van der Waals surface area contributed by atoms with Crippen LogP contribution >= 0.6 is 11.8 Å². The molecule has 0 bridgehead atoms. The van der Waals surface area contributed by atoms with E-state index in [4.69, 9.17) is 0 Å². The van der Waals surface area contributed by atoms with E-state index in [1.165, 1.54) is 0 Å². The lowest BCUT2D eigenvalue weighted by molar-refractivity contribution is -0.130. The third kappa shape index (κ3) is 1.89. The number of nitrogens with one attached hydrogen (secondary N) is 1. The van der Waals surface area contributed by atoms with Crippen LogP contribution in [0.15, 0.2) is 0 Å². The van der Waals surface area contributed by atoms with Crippen LogP contribution in [0, 0.1) is 0 Å². The van der Waals surface area contributed by atoms with Gasteiger partial charge in [0, 0.05) is 11.8 Å². The van der Waals surface area contributed by atoms with Crippen molar-refractivity contribution in [1.29, 1.82) is 0 Å². The van der Waals surface area contributed by atoms with Gasteiger partial charge in [0.25, 0.3) is 0 Å². The van der Waals surface area contributed by atoms with Gasteiger partial charge in [-0.1, -0.05) is 13.8 Å². The van der Waals surface area contributed by atoms with Crippen molar-refractivity contribution in [3.8, 4) is 0 Å². The van der Waals surface area contributed by atoms with Crippen molar-refractivity contribution in [2.45, 2.75) is 50.1 Å². The van der Waals surface area contributed by atoms with Crippen molar-refractivity contribution in [3.05, 3.63) is 0 Å². The normalized spacial score (nSPS) is 29.9. The SMILES string of the molecule is CCC1NC2(CC2)C(=O)N1CC(C)SC. The smallest absolute Gasteiger partial charge is 0.244 e. The van der Waals surface area contributed by atoms with E-state index < -0.39 is 0 Å². The molecule has 1 heterocycles. The molecular weight excluding hydrogens is 208 g/mol. The predicted molar refractivity (Wildman–Crippen MR) is 63.9 cm³/mol. The Bertz CT molecular complexity index is 265. The summed E-state index contributed by atoms with van der Waals surface area (Å²) in [5.74, 6) is 0.343. The second-order valence-electron chi connectivity index (χ2n) is 4.65. The van der Waals surface area contributed by atoms with Gasteiger partial charge in [-0.15, -0.1) is 0 Å². The average Bonchev–Trinajstić information content (AvgIpc) is 2.97. The van der Waals surface area contributed by atoms with Gasteiger partial charge < -0.3 is 4.90 Å². The molecule has 86 valence electrons. The first-order chi connectivity index (χ1) is 7.13. The third-order valence-electron chi connectivity index (χ3n) is 3.48. The highest BCUT2D eigenvalue weighted by molar-refractivity contribution is 7.99. The van der Waals surface area contributed by atoms with Gasteiger partial charge in [-0.2, -0.15) is 11.8 Å². The zero-order chi connectivity index (χ0) is 11.1. The van der Waals surface area contributed by atoms with Crippen LogP contribution in [-0.4, -0.2) is 40.6 Å². The Balaban J connectivity index is 2.04. The summed E-state index contributed by atoms with van der Waals surface area (Å²) >= 11 is 1.83. The lowest BCUT2D eigenvalue weighted by Crippen LogP contribution is -2.40. The van der Waals surface area contributed by atoms with Crippen molar-refractivity contribution < 1.29 is 4.79 Å². The first-order valence-corrected chi connectivity index (χ1v) is 7.03. The van der Waals surface area contributed by atoms with Gasteiger partial charge in [-0.25, -0.2) is 0 Å². The van der Waals surface area contributed by atoms with Crippen LogP contribution in [0.25, 0.3) is 0 Å². The standard InChI is InChI=1S/C11H20N2OS/c1-4-9-12-11(5-6-11)10(14)13(9)7-8(2)15-3/h8-9,12H,4-7H2,1-3H3. The number of carbonyl (C=O) groups excluding carboxylic acids is 1. The maximum atomic E-state index is 12.2. The van der Waals surface area contributed by atoms with Gasteiger partial charge in [-0.3, -0.25) is 10.1 Å². The molecule has 2 fully saturated rings. The highest BCUT2D eigenvalue weighted by Gasteiger charge is 2.58. The first-order valence-electron chi connectivity index (χ1n) is 5.74. The Kier molecular flexibility index (Phi) is 2.99. The van der Waals surface area contributed by atoms with Crippen molar-refractivity contribution in [2.24, 2.45) is 0 Å². The summed E-state index contributed by atoms with van der Waals surface area (Å²) in [7, 11) is 0. The zero-order valence-corrected chi connectivity index (χ0v) is 10.6. The van der Waals surface area contributed by atoms with Gasteiger partial charge in [0.15, 0.2) is 0 Å². The van der Waals surface area contributed by atoms with E-state index in [-0.39, 0.29) is 11.7 Å². The summed E-state index contributed by atoms with van der Waals surface area (Å²) < 4.78 is 0. The number of hydrogen-bond acceptors (Lipinski definition) is 3. The molecule has 0 aromatic heterocycles. The van der Waals surface area contributed by atoms with Gasteiger partial charge in [-0.05, 0) is 25.5 Å². The van der Waals surface area contributed by atoms with E-state index in [0.717, 1.165) is 25.8 Å². The summed E-state index contributed by atoms with van der Waals surface area (Å²) in [4.78, 5) is 14.2. The summed E-state index contributed by atoms with van der Waals surface area (Å²) in [6.07, 6.45) is 5.45. The van der Waals surface area contributed by atoms with Crippen LogP contribution in [0.1, 0.15) is 33.1 Å². The molecule has 15 heavy (non-hydrogen) atoms. The second-order valence-corrected chi connectivity index (χ2v) is 5.93. The monoisotopic (exact) mass is 228 g/mol. The van der Waals surface area contributed by atoms with Gasteiger partial charge in [0.1, 0.15) is 0 Å². The largest absolute Gasteiger partial charge is 0.324 e. The number of carbonyl (C=O) groups is 1. The highest BCUT2D eigenvalue weighted by atomic mass is 32.2. The van der Waals surface area contributed by atoms with Crippen LogP contribution < -0.4 is 5.32 Å². The predicted octanol–water partition coefficient (Wildman–Crippen LogP) is 1.44. The molecule has 0 aromatic carbocycles. The van der Waals surface area contributed by atoms with Crippen LogP contribution in [0.2, 0.25) is 0 Å². The lowest BCUT2D eigenvalue weighted by Gasteiger charge is -2.25. The third-order valence-corrected chi connectivity index (χ3v) is 4.44. The van der Waals surface area contributed by atoms with Crippen LogP contribution in [-0.2, 0) is 4.79 Å². The van der Waals surface area contributed by atoms with Crippen molar-refractivity contribution >= 4 is 17.7 Å². The minimum Gasteiger partial charge on any atom is -0.324 e. The van der Waals surface area contributed by atoms with E-state index >= 15 is 0 Å². The summed E-state index contributed by atoms with van der Waals surface area (Å²) in [6, 6.07) is 0. The molecular formula is C11H20N2OS. The van der Waals surface area contributed by atoms with E-state index in [0.29, 0.717) is 11.2 Å². The molecule has 1 spiro atoms. The van der Waals surface area contributed by atoms with E-state index in [1.807, 2.05) is 16.7 Å². The van der Waals surface area contributed by atoms with Crippen molar-refractivity contribution in [2.75, 3.05) is 12.8 Å². The van der Waals surface area contributed by atoms with Crippen molar-refractivity contribution in [1.82, 2.24) is 10.2 Å². The Labute approximate surface area is 96.0 Å². The number of hydrogen-bond donors (Lipinski definition) is 1. The topological polar surface area (TPSA) is 32.3 Å². The van der Waals surface area contributed by atoms with Gasteiger partial charge in [0.05, 0.1) is 11.7 Å². The molecule has 1 N–H and O–H groups in total. The van der Waals surface area contributed by atoms with Gasteiger partial charge >= 0.3 is 0 Å². The number of thioether (sulfide) groups is 1. The Hall–Kier alpha value is -0.220. The minimum absolute atomic E-state index is 0.140. The van der Waals surface area contributed by atoms with E-state index in [2.05, 4.69) is 25.4 Å². The Morgan fingerprint density at radius 1 is 1.67 bits per heavy atom. The molecule has 0 aromatic rings. The number of nitrogens with zero attached hydrogens (tertiary/aromatic N) is 1. The summed E-state index contributed by atoms with van der Waals surface area (Å²) in [5.41, 5.74) is -0.140. The van der Waals surface area contributed by atoms with Gasteiger partial charge in [0.2, 0.25) is 5.91 Å².